The third-order valence-electron chi connectivity index (χ3n) is 3.62. The number of carbonyl (C=O) groups is 1. The fourth-order valence-corrected chi connectivity index (χ4v) is 2.60. The Bertz CT molecular complexity index is 541. The summed E-state index contributed by atoms with van der Waals surface area (Å²) in [5.41, 5.74) is 3.22. The molecule has 0 saturated carbocycles. The highest BCUT2D eigenvalue weighted by Gasteiger charge is 2.17. The predicted octanol–water partition coefficient (Wildman–Crippen LogP) is 3.61. The lowest BCUT2D eigenvalue weighted by Gasteiger charge is -2.21. The summed E-state index contributed by atoms with van der Waals surface area (Å²) in [5.74, 6) is 0. The lowest BCUT2D eigenvalue weighted by atomic mass is 9.96. The predicted molar refractivity (Wildman–Crippen MR) is 87.7 cm³/mol. The van der Waals surface area contributed by atoms with Gasteiger partial charge in [-0.3, -0.25) is 5.10 Å². The van der Waals surface area contributed by atoms with Gasteiger partial charge in [0, 0.05) is 17.3 Å². The molecular weight excluding hydrogens is 278 g/mol. The molecule has 1 aliphatic rings. The molecule has 1 heterocycles. The normalized spacial score (nSPS) is 16.4. The number of hydrogen-bond acceptors (Lipinski definition) is 3. The number of nitrogens with zero attached hydrogens (tertiary/aromatic N) is 1. The Morgan fingerprint density at radius 2 is 2.14 bits per heavy atom. The number of ether oxygens (including phenoxy) is 1. The summed E-state index contributed by atoms with van der Waals surface area (Å²) < 4.78 is 5.24. The minimum atomic E-state index is -0.465. The molecule has 1 amide bonds. The minimum Gasteiger partial charge on any atom is -0.444 e. The highest BCUT2D eigenvalue weighted by atomic mass is 16.6. The smallest absolute Gasteiger partial charge is 0.407 e. The number of aromatic nitrogens is 2. The summed E-state index contributed by atoms with van der Waals surface area (Å²) in [6.45, 7) is 7.54. The first-order valence-electron chi connectivity index (χ1n) is 8.07. The van der Waals surface area contributed by atoms with Crippen molar-refractivity contribution >= 4 is 12.2 Å². The van der Waals surface area contributed by atoms with Crippen LogP contribution in [0.5, 0.6) is 0 Å². The van der Waals surface area contributed by atoms with Gasteiger partial charge in [0.2, 0.25) is 0 Å². The molecule has 1 aliphatic carbocycles. The Hall–Kier alpha value is -1.78. The Morgan fingerprint density at radius 1 is 1.41 bits per heavy atom. The Kier molecular flexibility index (Phi) is 5.27. The third-order valence-corrected chi connectivity index (χ3v) is 3.62. The van der Waals surface area contributed by atoms with E-state index < -0.39 is 5.60 Å². The van der Waals surface area contributed by atoms with Crippen LogP contribution in [0.3, 0.4) is 0 Å². The molecule has 0 aromatic carbocycles. The number of amides is 1. The molecule has 0 spiro atoms. The zero-order chi connectivity index (χ0) is 16.2. The van der Waals surface area contributed by atoms with E-state index in [0.717, 1.165) is 25.0 Å². The zero-order valence-electron chi connectivity index (χ0n) is 14.0. The van der Waals surface area contributed by atoms with E-state index >= 15 is 0 Å². The van der Waals surface area contributed by atoms with Gasteiger partial charge in [0.15, 0.2) is 0 Å². The van der Waals surface area contributed by atoms with Crippen molar-refractivity contribution in [3.05, 3.63) is 23.0 Å². The van der Waals surface area contributed by atoms with E-state index in [0.29, 0.717) is 0 Å². The highest BCUT2D eigenvalue weighted by Crippen LogP contribution is 2.22. The van der Waals surface area contributed by atoms with E-state index in [9.17, 15) is 4.79 Å². The van der Waals surface area contributed by atoms with Crippen LogP contribution in [0.2, 0.25) is 0 Å². The van der Waals surface area contributed by atoms with Crippen LogP contribution in [-0.4, -0.2) is 27.9 Å². The van der Waals surface area contributed by atoms with Crippen LogP contribution < -0.4 is 5.32 Å². The van der Waals surface area contributed by atoms with Crippen LogP contribution in [0.15, 0.2) is 6.08 Å². The minimum absolute atomic E-state index is 0.0286. The molecular formula is C17H27N3O2. The fourth-order valence-electron chi connectivity index (χ4n) is 2.60. The lowest BCUT2D eigenvalue weighted by molar-refractivity contribution is 0.0509. The SMILES string of the molecule is C[C@@H](C/C=C/c1n[nH]c2c1CCCC2)NC(=O)OC(C)(C)C. The van der Waals surface area contributed by atoms with E-state index in [1.54, 1.807) is 0 Å². The number of fused-ring (bicyclic) bond motifs is 1. The number of H-pyrrole nitrogens is 1. The van der Waals surface area contributed by atoms with Crippen molar-refractivity contribution in [2.24, 2.45) is 0 Å². The van der Waals surface area contributed by atoms with Crippen LogP contribution in [-0.2, 0) is 17.6 Å². The highest BCUT2D eigenvalue weighted by molar-refractivity contribution is 5.68. The molecule has 2 N–H and O–H groups in total. The van der Waals surface area contributed by atoms with Crippen LogP contribution in [0.25, 0.3) is 6.08 Å². The second-order valence-corrected chi connectivity index (χ2v) is 6.96. The molecule has 1 atom stereocenters. The maximum absolute atomic E-state index is 11.7. The largest absolute Gasteiger partial charge is 0.444 e. The molecule has 122 valence electrons. The summed E-state index contributed by atoms with van der Waals surface area (Å²) >= 11 is 0. The van der Waals surface area contributed by atoms with Gasteiger partial charge in [-0.25, -0.2) is 4.79 Å². The van der Waals surface area contributed by atoms with Gasteiger partial charge in [-0.05, 0) is 65.9 Å². The standard InChI is InChI=1S/C17H27N3O2/c1-12(18-16(21)22-17(2,3)4)8-7-11-15-13-9-5-6-10-14(13)19-20-15/h7,11-12H,5-6,8-10H2,1-4H3,(H,18,21)(H,19,20)/b11-7+/t12-/m0/s1. The van der Waals surface area contributed by atoms with Gasteiger partial charge in [0.05, 0.1) is 5.69 Å². The van der Waals surface area contributed by atoms with Crippen molar-refractivity contribution in [3.8, 4) is 0 Å². The summed E-state index contributed by atoms with van der Waals surface area (Å²) in [7, 11) is 0. The van der Waals surface area contributed by atoms with Crippen molar-refractivity contribution in [1.29, 1.82) is 0 Å². The van der Waals surface area contributed by atoms with Gasteiger partial charge in [-0.1, -0.05) is 6.08 Å². The molecule has 0 aliphatic heterocycles. The third kappa shape index (κ3) is 4.90. The first-order chi connectivity index (χ1) is 10.3. The molecule has 5 nitrogen and oxygen atoms in total. The quantitative estimate of drug-likeness (QED) is 0.893. The van der Waals surface area contributed by atoms with Crippen molar-refractivity contribution in [1.82, 2.24) is 15.5 Å². The Labute approximate surface area is 132 Å². The van der Waals surface area contributed by atoms with E-state index in [1.807, 2.05) is 33.8 Å². The molecule has 0 saturated heterocycles. The average Bonchev–Trinajstić information content (AvgIpc) is 2.80. The summed E-state index contributed by atoms with van der Waals surface area (Å²) in [4.78, 5) is 11.7. The first kappa shape index (κ1) is 16.6. The van der Waals surface area contributed by atoms with Crippen molar-refractivity contribution < 1.29 is 9.53 Å². The fraction of sp³-hybridized carbons (Fsp3) is 0.647. The summed E-state index contributed by atoms with van der Waals surface area (Å²) in [5, 5.41) is 10.3. The van der Waals surface area contributed by atoms with E-state index in [4.69, 9.17) is 4.74 Å². The molecule has 1 aromatic rings. The number of hydrogen-bond donors (Lipinski definition) is 2. The van der Waals surface area contributed by atoms with E-state index in [1.165, 1.54) is 24.1 Å². The number of rotatable bonds is 4. The maximum Gasteiger partial charge on any atom is 0.407 e. The second-order valence-electron chi connectivity index (χ2n) is 6.96. The number of aryl methyl sites for hydroxylation is 1. The lowest BCUT2D eigenvalue weighted by Crippen LogP contribution is -2.37. The van der Waals surface area contributed by atoms with Gasteiger partial charge in [-0.2, -0.15) is 5.10 Å². The van der Waals surface area contributed by atoms with Crippen LogP contribution in [0, 0.1) is 0 Å². The number of nitrogens with one attached hydrogen (secondary N) is 2. The molecule has 1 aromatic heterocycles. The topological polar surface area (TPSA) is 67.0 Å². The summed E-state index contributed by atoms with van der Waals surface area (Å²) in [6.07, 6.45) is 9.19. The van der Waals surface area contributed by atoms with Gasteiger partial charge < -0.3 is 10.1 Å². The van der Waals surface area contributed by atoms with Gasteiger partial charge in [0.25, 0.3) is 0 Å². The van der Waals surface area contributed by atoms with Crippen molar-refractivity contribution in [3.63, 3.8) is 0 Å². The molecule has 0 unspecified atom stereocenters. The van der Waals surface area contributed by atoms with Crippen molar-refractivity contribution in [2.45, 2.75) is 71.4 Å². The Morgan fingerprint density at radius 3 is 2.86 bits per heavy atom. The summed E-state index contributed by atoms with van der Waals surface area (Å²) in [6, 6.07) is 0.0286. The molecule has 2 rings (SSSR count). The van der Waals surface area contributed by atoms with Crippen LogP contribution >= 0.6 is 0 Å². The number of alkyl carbamates (subject to hydrolysis) is 1. The van der Waals surface area contributed by atoms with Gasteiger partial charge in [0.1, 0.15) is 5.60 Å². The monoisotopic (exact) mass is 305 g/mol. The molecule has 22 heavy (non-hydrogen) atoms. The molecule has 5 heteroatoms. The van der Waals surface area contributed by atoms with Gasteiger partial charge in [-0.15, -0.1) is 0 Å². The van der Waals surface area contributed by atoms with Crippen LogP contribution in [0.1, 0.15) is 63.9 Å². The van der Waals surface area contributed by atoms with E-state index in [2.05, 4.69) is 21.6 Å². The van der Waals surface area contributed by atoms with E-state index in [-0.39, 0.29) is 12.1 Å². The van der Waals surface area contributed by atoms with Gasteiger partial charge >= 0.3 is 6.09 Å². The molecule has 0 fully saturated rings. The first-order valence-corrected chi connectivity index (χ1v) is 8.07. The van der Waals surface area contributed by atoms with Crippen LogP contribution in [0.4, 0.5) is 4.79 Å². The zero-order valence-corrected chi connectivity index (χ0v) is 14.0. The average molecular weight is 305 g/mol. The Balaban J connectivity index is 1.82. The molecule has 0 radical (unpaired) electrons. The maximum atomic E-state index is 11.7. The molecule has 0 bridgehead atoms. The van der Waals surface area contributed by atoms with Crippen molar-refractivity contribution in [2.75, 3.05) is 0 Å². The second kappa shape index (κ2) is 6.99. The number of carbonyl (C=O) groups excluding carboxylic acids is 1. The number of aromatic amines is 1.